The Balaban J connectivity index is 5.21. The molecule has 0 unspecified atom stereocenters. The van der Waals surface area contributed by atoms with Gasteiger partial charge in [0, 0.05) is 12.5 Å². The first-order chi connectivity index (χ1) is 11.6. The molecule has 0 spiro atoms. The molecular formula is C17H34O5Si3. The van der Waals surface area contributed by atoms with E-state index in [-0.39, 0.29) is 5.97 Å². The van der Waals surface area contributed by atoms with Crippen LogP contribution >= 0.6 is 0 Å². The zero-order valence-electron chi connectivity index (χ0n) is 16.6. The molecule has 144 valence electrons. The summed E-state index contributed by atoms with van der Waals surface area (Å²) in [6.07, 6.45) is 4.26. The van der Waals surface area contributed by atoms with Gasteiger partial charge in [-0.15, -0.1) is 13.2 Å². The maximum atomic E-state index is 11.4. The van der Waals surface area contributed by atoms with E-state index in [0.717, 1.165) is 0 Å². The van der Waals surface area contributed by atoms with Gasteiger partial charge in [-0.05, 0) is 39.5 Å². The topological polar surface area (TPSA) is 54.0 Å². The quantitative estimate of drug-likeness (QED) is 0.156. The van der Waals surface area contributed by atoms with Crippen molar-refractivity contribution < 1.29 is 22.8 Å². The summed E-state index contributed by atoms with van der Waals surface area (Å²) in [5.74, 6) is -1.20. The number of ether oxygens (including phenoxy) is 1. The minimum atomic E-state index is -2.11. The Morgan fingerprint density at radius 3 is 2.04 bits per heavy atom. The number of hydrogen-bond acceptors (Lipinski definition) is 5. The van der Waals surface area contributed by atoms with Gasteiger partial charge in [0.25, 0.3) is 0 Å². The van der Waals surface area contributed by atoms with Crippen LogP contribution in [0.2, 0.25) is 26.2 Å². The Kier molecular flexibility index (Phi) is 10.7. The van der Waals surface area contributed by atoms with E-state index < -0.39 is 22.4 Å². The zero-order valence-corrected chi connectivity index (χ0v) is 20.6. The fourth-order valence-electron chi connectivity index (χ4n) is 2.21. The molecule has 0 aliphatic carbocycles. The van der Waals surface area contributed by atoms with Crippen molar-refractivity contribution in [2.45, 2.75) is 51.7 Å². The lowest BCUT2D eigenvalue weighted by atomic mass is 10.1. The van der Waals surface area contributed by atoms with Crippen LogP contribution < -0.4 is 0 Å². The Morgan fingerprint density at radius 2 is 1.64 bits per heavy atom. The molecule has 5 nitrogen and oxygen atoms in total. The molecule has 8 heteroatoms. The first-order valence-corrected chi connectivity index (χ1v) is 15.3. The number of esters is 1. The molecular weight excluding hydrogens is 368 g/mol. The Bertz CT molecular complexity index is 453. The summed E-state index contributed by atoms with van der Waals surface area (Å²) in [6.45, 7) is 18.5. The van der Waals surface area contributed by atoms with Gasteiger partial charge in [0.05, 0.1) is 13.2 Å². The minimum absolute atomic E-state index is 0.310. The predicted octanol–water partition coefficient (Wildman–Crippen LogP) is 2.77. The van der Waals surface area contributed by atoms with E-state index in [2.05, 4.69) is 39.3 Å². The molecule has 0 aromatic heterocycles. The summed E-state index contributed by atoms with van der Waals surface area (Å²) in [5.41, 5.74) is 3.76. The molecule has 0 rings (SSSR count). The van der Waals surface area contributed by atoms with Gasteiger partial charge in [0.15, 0.2) is 5.79 Å². The minimum Gasteiger partial charge on any atom is -0.463 e. The van der Waals surface area contributed by atoms with Crippen molar-refractivity contribution in [3.63, 3.8) is 0 Å². The van der Waals surface area contributed by atoms with Crippen LogP contribution in [0.1, 0.15) is 19.8 Å². The largest absolute Gasteiger partial charge is 0.463 e. The van der Waals surface area contributed by atoms with E-state index >= 15 is 0 Å². The third-order valence-electron chi connectivity index (χ3n) is 3.49. The average Bonchev–Trinajstić information content (AvgIpc) is 2.51. The molecule has 0 radical (unpaired) electrons. The van der Waals surface area contributed by atoms with E-state index in [1.54, 1.807) is 13.0 Å². The van der Waals surface area contributed by atoms with Gasteiger partial charge in [-0.3, -0.25) is 0 Å². The summed E-state index contributed by atoms with van der Waals surface area (Å²) in [4.78, 5) is 11.4. The first kappa shape index (κ1) is 24.2. The number of hydrogen-bond donors (Lipinski definition) is 0. The highest BCUT2D eigenvalue weighted by Crippen LogP contribution is 2.30. The molecule has 0 atom stereocenters. The van der Waals surface area contributed by atoms with Crippen molar-refractivity contribution >= 4 is 33.1 Å². The predicted molar refractivity (Wildman–Crippen MR) is 111 cm³/mol. The molecule has 0 aliphatic heterocycles. The SMILES string of the molecule is C=C[Si](C)(C)OC(CCCOC(=O)C=CC)(CO[SiH3])O[Si](C)(C)C=C. The van der Waals surface area contributed by atoms with Gasteiger partial charge >= 0.3 is 5.97 Å². The number of carbonyl (C=O) groups excluding carboxylic acids is 1. The second-order valence-corrected chi connectivity index (χ2v) is 15.1. The molecule has 0 aromatic rings. The van der Waals surface area contributed by atoms with Gasteiger partial charge in [-0.2, -0.15) is 0 Å². The number of carbonyl (C=O) groups is 1. The molecule has 0 bridgehead atoms. The van der Waals surface area contributed by atoms with E-state index in [0.29, 0.717) is 36.5 Å². The lowest BCUT2D eigenvalue weighted by molar-refractivity contribution is -0.158. The van der Waals surface area contributed by atoms with E-state index in [9.17, 15) is 4.79 Å². The van der Waals surface area contributed by atoms with Crippen molar-refractivity contribution in [2.75, 3.05) is 13.2 Å². The third kappa shape index (κ3) is 10.1. The van der Waals surface area contributed by atoms with Crippen LogP contribution in [-0.2, 0) is 22.8 Å². The first-order valence-electron chi connectivity index (χ1n) is 8.51. The second-order valence-electron chi connectivity index (χ2n) is 6.93. The lowest BCUT2D eigenvalue weighted by Crippen LogP contribution is -2.54. The zero-order chi connectivity index (χ0) is 19.6. The van der Waals surface area contributed by atoms with Gasteiger partial charge in [-0.1, -0.05) is 17.5 Å². The summed E-state index contributed by atoms with van der Waals surface area (Å²) in [5, 5.41) is 0. The highest BCUT2D eigenvalue weighted by Gasteiger charge is 2.41. The number of allylic oxidation sites excluding steroid dienone is 1. The molecule has 0 saturated heterocycles. The highest BCUT2D eigenvalue weighted by molar-refractivity contribution is 6.77. The van der Waals surface area contributed by atoms with Crippen LogP contribution in [-0.4, -0.2) is 52.1 Å². The van der Waals surface area contributed by atoms with Gasteiger partial charge in [0.1, 0.15) is 10.5 Å². The van der Waals surface area contributed by atoms with E-state index in [1.165, 1.54) is 6.08 Å². The van der Waals surface area contributed by atoms with E-state index in [1.807, 2.05) is 11.4 Å². The highest BCUT2D eigenvalue weighted by atomic mass is 28.4. The van der Waals surface area contributed by atoms with Crippen molar-refractivity contribution in [1.29, 1.82) is 0 Å². The normalized spacial score (nSPS) is 13.2. The molecule has 0 fully saturated rings. The number of rotatable bonds is 13. The summed E-state index contributed by atoms with van der Waals surface area (Å²) < 4.78 is 23.6. The Hall–Kier alpha value is -0.779. The average molecular weight is 403 g/mol. The van der Waals surface area contributed by atoms with Crippen molar-refractivity contribution in [2.24, 2.45) is 0 Å². The van der Waals surface area contributed by atoms with Gasteiger partial charge in [0.2, 0.25) is 16.6 Å². The van der Waals surface area contributed by atoms with Crippen LogP contribution in [0.25, 0.3) is 0 Å². The van der Waals surface area contributed by atoms with E-state index in [4.69, 9.17) is 18.0 Å². The fourth-order valence-corrected chi connectivity index (χ4v) is 5.23. The van der Waals surface area contributed by atoms with Crippen LogP contribution in [0.15, 0.2) is 36.7 Å². The maximum absolute atomic E-state index is 11.4. The summed E-state index contributed by atoms with van der Waals surface area (Å²) >= 11 is 0. The molecule has 0 saturated carbocycles. The molecule has 0 amide bonds. The van der Waals surface area contributed by atoms with Crippen molar-refractivity contribution in [3.05, 3.63) is 36.7 Å². The van der Waals surface area contributed by atoms with Gasteiger partial charge < -0.3 is 18.0 Å². The fraction of sp³-hybridized carbons (Fsp3) is 0.588. The third-order valence-corrected chi connectivity index (χ3v) is 7.55. The van der Waals surface area contributed by atoms with Crippen molar-refractivity contribution in [1.82, 2.24) is 0 Å². The molecule has 0 N–H and O–H groups in total. The van der Waals surface area contributed by atoms with Crippen molar-refractivity contribution in [3.8, 4) is 0 Å². The molecule has 0 aromatic carbocycles. The molecule has 0 aliphatic rings. The Labute approximate surface area is 157 Å². The second kappa shape index (κ2) is 11.0. The van der Waals surface area contributed by atoms with Crippen LogP contribution in [0.5, 0.6) is 0 Å². The monoisotopic (exact) mass is 402 g/mol. The maximum Gasteiger partial charge on any atom is 0.330 e. The Morgan fingerprint density at radius 1 is 1.12 bits per heavy atom. The van der Waals surface area contributed by atoms with Gasteiger partial charge in [-0.25, -0.2) is 4.79 Å². The smallest absolute Gasteiger partial charge is 0.330 e. The van der Waals surface area contributed by atoms with Crippen LogP contribution in [0, 0.1) is 0 Å². The lowest BCUT2D eigenvalue weighted by Gasteiger charge is -2.43. The van der Waals surface area contributed by atoms with Crippen LogP contribution in [0.3, 0.4) is 0 Å². The summed E-state index contributed by atoms with van der Waals surface area (Å²) in [6, 6.07) is 0. The standard InChI is InChI=1S/C17H34O5Si3/c1-8-12-16(18)19-14-11-13-17(15-20-23,21-24(4,5)9-2)22-25(6,7)10-3/h8-10,12H,2-3,11,13-15H2,1,4-7,23H3. The summed E-state index contributed by atoms with van der Waals surface area (Å²) in [7, 11) is -3.64. The molecule has 0 heterocycles. The van der Waals surface area contributed by atoms with Crippen LogP contribution in [0.4, 0.5) is 0 Å². The molecule has 25 heavy (non-hydrogen) atoms.